The van der Waals surface area contributed by atoms with Crippen LogP contribution in [0.1, 0.15) is 24.0 Å². The molecule has 1 fully saturated rings. The Bertz CT molecular complexity index is 1080. The number of rotatable bonds is 4. The molecule has 0 aliphatic carbocycles. The van der Waals surface area contributed by atoms with Crippen molar-refractivity contribution in [1.29, 1.82) is 0 Å². The number of halogens is 2. The van der Waals surface area contributed by atoms with Gasteiger partial charge in [0.25, 0.3) is 0 Å². The Labute approximate surface area is 181 Å². The second-order valence-corrected chi connectivity index (χ2v) is 9.95. The molecule has 0 saturated carbocycles. The number of nitrogens with one attached hydrogen (secondary N) is 2. The van der Waals surface area contributed by atoms with E-state index in [1.54, 1.807) is 25.1 Å². The minimum atomic E-state index is -3.57. The van der Waals surface area contributed by atoms with Crippen molar-refractivity contribution in [2.24, 2.45) is 4.99 Å². The van der Waals surface area contributed by atoms with Crippen LogP contribution in [0.4, 0.5) is 8.78 Å². The molecule has 166 valence electrons. The number of amidine groups is 1. The van der Waals surface area contributed by atoms with Crippen molar-refractivity contribution in [3.63, 3.8) is 0 Å². The van der Waals surface area contributed by atoms with E-state index < -0.39 is 27.2 Å². The van der Waals surface area contributed by atoms with Gasteiger partial charge in [-0.3, -0.25) is 4.99 Å². The highest BCUT2D eigenvalue weighted by atomic mass is 32.2. The fourth-order valence-electron chi connectivity index (χ4n) is 4.33. The van der Waals surface area contributed by atoms with Crippen LogP contribution in [0.15, 0.2) is 52.4 Å². The molecular weight excluding hydrogens is 422 g/mol. The lowest BCUT2D eigenvalue weighted by molar-refractivity contribution is 0.241. The van der Waals surface area contributed by atoms with Crippen molar-refractivity contribution in [3.05, 3.63) is 65.2 Å². The van der Waals surface area contributed by atoms with Crippen LogP contribution in [0.3, 0.4) is 0 Å². The minimum absolute atomic E-state index is 0.238. The van der Waals surface area contributed by atoms with Gasteiger partial charge in [0.1, 0.15) is 17.5 Å². The van der Waals surface area contributed by atoms with Gasteiger partial charge in [-0.2, -0.15) is 4.31 Å². The quantitative estimate of drug-likeness (QED) is 0.754. The van der Waals surface area contributed by atoms with Gasteiger partial charge in [-0.25, -0.2) is 17.2 Å². The fourth-order valence-corrected chi connectivity index (χ4v) is 6.00. The number of aliphatic imine (C=N–C) groups is 1. The molecule has 0 aromatic heterocycles. The van der Waals surface area contributed by atoms with Gasteiger partial charge in [0.2, 0.25) is 10.0 Å². The van der Waals surface area contributed by atoms with Gasteiger partial charge in [-0.1, -0.05) is 18.2 Å². The largest absolute Gasteiger partial charge is 0.368 e. The SMILES string of the molecule is Cc1ccccc1S(=O)(=O)N1CCC2(CC1)NCCN=C2NCc1cc(F)cc(F)c1. The van der Waals surface area contributed by atoms with E-state index in [1.165, 1.54) is 16.4 Å². The second kappa shape index (κ2) is 8.64. The zero-order chi connectivity index (χ0) is 22.1. The standard InChI is InChI=1S/C22H26F2N4O2S/c1-16-4-2-3-5-20(16)31(29,30)28-10-6-22(7-11-28)21(25-8-9-27-22)26-15-17-12-18(23)14-19(24)13-17/h2-5,12-14,27H,6-11,15H2,1H3,(H,25,26). The average Bonchev–Trinajstić information content (AvgIpc) is 2.73. The zero-order valence-electron chi connectivity index (χ0n) is 17.4. The third-order valence-corrected chi connectivity index (χ3v) is 8.03. The Balaban J connectivity index is 1.47. The van der Waals surface area contributed by atoms with Crippen molar-refractivity contribution in [2.45, 2.75) is 36.7 Å². The molecule has 2 heterocycles. The summed E-state index contributed by atoms with van der Waals surface area (Å²) in [5.74, 6) is -0.522. The van der Waals surface area contributed by atoms with E-state index in [1.807, 2.05) is 6.07 Å². The molecule has 0 atom stereocenters. The van der Waals surface area contributed by atoms with Crippen LogP contribution >= 0.6 is 0 Å². The summed E-state index contributed by atoms with van der Waals surface area (Å²) in [5.41, 5.74) is 0.743. The Hall–Kier alpha value is -2.36. The predicted molar refractivity (Wildman–Crippen MR) is 115 cm³/mol. The zero-order valence-corrected chi connectivity index (χ0v) is 18.2. The molecule has 6 nitrogen and oxygen atoms in total. The lowest BCUT2D eigenvalue weighted by Crippen LogP contribution is -2.64. The van der Waals surface area contributed by atoms with Crippen LogP contribution in [-0.4, -0.2) is 50.3 Å². The molecule has 2 aliphatic heterocycles. The molecule has 0 bridgehead atoms. The second-order valence-electron chi connectivity index (χ2n) is 8.04. The fraction of sp³-hybridized carbons (Fsp3) is 0.409. The van der Waals surface area contributed by atoms with E-state index in [-0.39, 0.29) is 6.54 Å². The van der Waals surface area contributed by atoms with Crippen LogP contribution < -0.4 is 10.6 Å². The number of benzene rings is 2. The molecular formula is C22H26F2N4O2S. The first-order valence-corrected chi connectivity index (χ1v) is 11.8. The van der Waals surface area contributed by atoms with E-state index in [4.69, 9.17) is 0 Å². The number of hydrogen-bond donors (Lipinski definition) is 2. The first-order valence-electron chi connectivity index (χ1n) is 10.3. The van der Waals surface area contributed by atoms with E-state index >= 15 is 0 Å². The van der Waals surface area contributed by atoms with Crippen molar-refractivity contribution in [1.82, 2.24) is 14.9 Å². The van der Waals surface area contributed by atoms with Crippen molar-refractivity contribution in [3.8, 4) is 0 Å². The molecule has 2 aromatic carbocycles. The summed E-state index contributed by atoms with van der Waals surface area (Å²) in [7, 11) is -3.57. The molecule has 2 aromatic rings. The Morgan fingerprint density at radius 1 is 1.13 bits per heavy atom. The highest BCUT2D eigenvalue weighted by Crippen LogP contribution is 2.30. The summed E-state index contributed by atoms with van der Waals surface area (Å²) >= 11 is 0. The molecule has 4 rings (SSSR count). The van der Waals surface area contributed by atoms with Gasteiger partial charge in [0.15, 0.2) is 0 Å². The highest BCUT2D eigenvalue weighted by Gasteiger charge is 2.43. The van der Waals surface area contributed by atoms with Gasteiger partial charge in [-0.05, 0) is 49.1 Å². The van der Waals surface area contributed by atoms with E-state index in [2.05, 4.69) is 15.6 Å². The third kappa shape index (κ3) is 4.49. The summed E-state index contributed by atoms with van der Waals surface area (Å²) in [6, 6.07) is 10.4. The third-order valence-electron chi connectivity index (χ3n) is 5.97. The van der Waals surface area contributed by atoms with Crippen LogP contribution in [0.2, 0.25) is 0 Å². The summed E-state index contributed by atoms with van der Waals surface area (Å²) in [5, 5.41) is 6.74. The van der Waals surface area contributed by atoms with E-state index in [0.29, 0.717) is 49.5 Å². The van der Waals surface area contributed by atoms with Crippen LogP contribution in [0, 0.1) is 18.6 Å². The number of piperidine rings is 1. The first-order chi connectivity index (χ1) is 14.8. The molecule has 2 N–H and O–H groups in total. The molecule has 31 heavy (non-hydrogen) atoms. The minimum Gasteiger partial charge on any atom is -0.368 e. The van der Waals surface area contributed by atoms with Crippen molar-refractivity contribution in [2.75, 3.05) is 26.2 Å². The number of aryl methyl sites for hydroxylation is 1. The molecule has 1 saturated heterocycles. The van der Waals surface area contributed by atoms with Crippen LogP contribution in [-0.2, 0) is 16.6 Å². The van der Waals surface area contributed by atoms with Crippen LogP contribution in [0.5, 0.6) is 0 Å². The first kappa shape index (κ1) is 21.9. The maximum Gasteiger partial charge on any atom is 0.243 e. The normalized spacial score (nSPS) is 19.3. The molecule has 2 aliphatic rings. The van der Waals surface area contributed by atoms with Gasteiger partial charge < -0.3 is 10.6 Å². The maximum atomic E-state index is 13.5. The van der Waals surface area contributed by atoms with Crippen molar-refractivity contribution < 1.29 is 17.2 Å². The van der Waals surface area contributed by atoms with E-state index in [9.17, 15) is 17.2 Å². The van der Waals surface area contributed by atoms with Crippen LogP contribution in [0.25, 0.3) is 0 Å². The highest BCUT2D eigenvalue weighted by molar-refractivity contribution is 7.89. The Morgan fingerprint density at radius 2 is 1.81 bits per heavy atom. The number of sulfonamides is 1. The molecule has 0 unspecified atom stereocenters. The molecule has 1 spiro atoms. The monoisotopic (exact) mass is 448 g/mol. The molecule has 9 heteroatoms. The average molecular weight is 449 g/mol. The topological polar surface area (TPSA) is 73.8 Å². The van der Waals surface area contributed by atoms with Gasteiger partial charge >= 0.3 is 0 Å². The van der Waals surface area contributed by atoms with E-state index in [0.717, 1.165) is 17.5 Å². The molecule has 0 radical (unpaired) electrons. The summed E-state index contributed by atoms with van der Waals surface area (Å²) in [6.45, 7) is 4.04. The lowest BCUT2D eigenvalue weighted by Gasteiger charge is -2.44. The summed E-state index contributed by atoms with van der Waals surface area (Å²) < 4.78 is 54.8. The van der Waals surface area contributed by atoms with Gasteiger partial charge in [0, 0.05) is 32.2 Å². The predicted octanol–water partition coefficient (Wildman–Crippen LogP) is 2.59. The van der Waals surface area contributed by atoms with Crippen molar-refractivity contribution >= 4 is 15.9 Å². The van der Waals surface area contributed by atoms with Gasteiger partial charge in [0.05, 0.1) is 17.0 Å². The summed E-state index contributed by atoms with van der Waals surface area (Å²) in [6.07, 6.45) is 1.11. The Kier molecular flexibility index (Phi) is 6.09. The number of hydrogen-bond acceptors (Lipinski definition) is 5. The summed E-state index contributed by atoms with van der Waals surface area (Å²) in [4.78, 5) is 4.95. The Morgan fingerprint density at radius 3 is 2.48 bits per heavy atom. The smallest absolute Gasteiger partial charge is 0.243 e. The molecule has 0 amide bonds. The maximum absolute atomic E-state index is 13.5. The van der Waals surface area contributed by atoms with Gasteiger partial charge in [-0.15, -0.1) is 0 Å². The lowest BCUT2D eigenvalue weighted by atomic mass is 9.85. The number of nitrogens with zero attached hydrogens (tertiary/aromatic N) is 2.